The molecule has 0 aromatic heterocycles. The van der Waals surface area contributed by atoms with Crippen LogP contribution in [-0.2, 0) is 10.0 Å². The molecule has 0 amide bonds. The van der Waals surface area contributed by atoms with Gasteiger partial charge in [0.15, 0.2) is 0 Å². The molecule has 0 radical (unpaired) electrons. The average Bonchev–Trinajstić information content (AvgIpc) is 2.26. The lowest BCUT2D eigenvalue weighted by Gasteiger charge is -2.10. The average molecular weight is 332 g/mol. The predicted octanol–water partition coefficient (Wildman–Crippen LogP) is 3.00. The number of rotatable bonds is 6. The summed E-state index contributed by atoms with van der Waals surface area (Å²) in [6, 6.07) is 2.78. The van der Waals surface area contributed by atoms with Crippen LogP contribution < -0.4 is 10.0 Å². The summed E-state index contributed by atoms with van der Waals surface area (Å²) in [5.74, 6) is -0.0442. The maximum atomic E-state index is 11.7. The van der Waals surface area contributed by atoms with Crippen LogP contribution >= 0.6 is 34.8 Å². The molecule has 4 nitrogen and oxygen atoms in total. The van der Waals surface area contributed by atoms with Gasteiger partial charge in [-0.25, -0.2) is 8.42 Å². The number of benzene rings is 1. The summed E-state index contributed by atoms with van der Waals surface area (Å²) >= 11 is 17.4. The smallest absolute Gasteiger partial charge is 0.234 e. The Morgan fingerprint density at radius 1 is 1.11 bits per heavy atom. The molecule has 0 aliphatic carbocycles. The molecule has 1 rings (SSSR count). The maximum absolute atomic E-state index is 11.7. The Morgan fingerprint density at radius 2 is 1.72 bits per heavy atom. The number of hydrogen-bond donors (Lipinski definition) is 2. The molecule has 2 N–H and O–H groups in total. The summed E-state index contributed by atoms with van der Waals surface area (Å²) in [7, 11) is -3.46. The highest BCUT2D eigenvalue weighted by molar-refractivity contribution is 7.92. The molecule has 0 saturated carbocycles. The highest BCUT2D eigenvalue weighted by Gasteiger charge is 2.13. The number of nitrogens with one attached hydrogen (secondary N) is 2. The second-order valence-corrected chi connectivity index (χ2v) is 6.58. The Balaban J connectivity index is 2.81. The van der Waals surface area contributed by atoms with Gasteiger partial charge in [-0.3, -0.25) is 4.72 Å². The Labute approximate surface area is 122 Å². The van der Waals surface area contributed by atoms with E-state index in [0.717, 1.165) is 0 Å². The first kappa shape index (κ1) is 15.9. The molecule has 8 heteroatoms. The van der Waals surface area contributed by atoms with E-state index in [1.54, 1.807) is 0 Å². The van der Waals surface area contributed by atoms with Crippen molar-refractivity contribution in [3.8, 4) is 0 Å². The Bertz CT molecular complexity index is 520. The molecule has 0 spiro atoms. The summed E-state index contributed by atoms with van der Waals surface area (Å²) in [6.45, 7) is 2.98. The SMILES string of the molecule is CCNCCS(=O)(=O)Nc1cc(Cl)c(Cl)cc1Cl. The van der Waals surface area contributed by atoms with Gasteiger partial charge in [-0.05, 0) is 18.7 Å². The van der Waals surface area contributed by atoms with Crippen molar-refractivity contribution in [2.24, 2.45) is 0 Å². The molecule has 0 fully saturated rings. The minimum Gasteiger partial charge on any atom is -0.316 e. The van der Waals surface area contributed by atoms with E-state index < -0.39 is 10.0 Å². The van der Waals surface area contributed by atoms with Crippen molar-refractivity contribution < 1.29 is 8.42 Å². The first-order chi connectivity index (χ1) is 8.35. The predicted molar refractivity (Wildman–Crippen MR) is 77.4 cm³/mol. The van der Waals surface area contributed by atoms with Crippen LogP contribution in [0.25, 0.3) is 0 Å². The summed E-state index contributed by atoms with van der Waals surface area (Å²) in [5, 5.41) is 3.65. The molecule has 0 heterocycles. The van der Waals surface area contributed by atoms with Gasteiger partial charge in [-0.2, -0.15) is 0 Å². The summed E-state index contributed by atoms with van der Waals surface area (Å²) in [6.07, 6.45) is 0. The van der Waals surface area contributed by atoms with Gasteiger partial charge < -0.3 is 5.32 Å². The number of anilines is 1. The van der Waals surface area contributed by atoms with E-state index in [4.69, 9.17) is 34.8 Å². The van der Waals surface area contributed by atoms with Crippen molar-refractivity contribution in [1.82, 2.24) is 5.32 Å². The van der Waals surface area contributed by atoms with E-state index in [9.17, 15) is 8.42 Å². The van der Waals surface area contributed by atoms with Crippen molar-refractivity contribution in [3.05, 3.63) is 27.2 Å². The summed E-state index contributed by atoms with van der Waals surface area (Å²) < 4.78 is 25.8. The molecule has 1 aromatic carbocycles. The third-order valence-corrected chi connectivity index (χ3v) is 4.38. The molecule has 0 atom stereocenters. The third kappa shape index (κ3) is 4.82. The van der Waals surface area contributed by atoms with Crippen LogP contribution in [-0.4, -0.2) is 27.3 Å². The van der Waals surface area contributed by atoms with E-state index in [-0.39, 0.29) is 26.5 Å². The van der Waals surface area contributed by atoms with E-state index in [2.05, 4.69) is 10.0 Å². The number of hydrogen-bond acceptors (Lipinski definition) is 3. The zero-order chi connectivity index (χ0) is 13.8. The lowest BCUT2D eigenvalue weighted by atomic mass is 10.3. The van der Waals surface area contributed by atoms with Crippen molar-refractivity contribution in [1.29, 1.82) is 0 Å². The van der Waals surface area contributed by atoms with Crippen LogP contribution in [0.4, 0.5) is 5.69 Å². The topological polar surface area (TPSA) is 58.2 Å². The third-order valence-electron chi connectivity index (χ3n) is 2.07. The van der Waals surface area contributed by atoms with Crippen LogP contribution in [0.2, 0.25) is 15.1 Å². The monoisotopic (exact) mass is 330 g/mol. The minimum atomic E-state index is -3.46. The maximum Gasteiger partial charge on any atom is 0.234 e. The van der Waals surface area contributed by atoms with Gasteiger partial charge in [0.05, 0.1) is 26.5 Å². The van der Waals surface area contributed by atoms with Crippen LogP contribution in [0.1, 0.15) is 6.92 Å². The van der Waals surface area contributed by atoms with Crippen LogP contribution in [0.3, 0.4) is 0 Å². The lowest BCUT2D eigenvalue weighted by Crippen LogP contribution is -2.26. The largest absolute Gasteiger partial charge is 0.316 e. The van der Waals surface area contributed by atoms with E-state index in [1.807, 2.05) is 6.92 Å². The van der Waals surface area contributed by atoms with Crippen molar-refractivity contribution >= 4 is 50.5 Å². The molecule has 0 aliphatic heterocycles. The Kier molecular flexibility index (Phi) is 6.01. The standard InChI is InChI=1S/C10H13Cl3N2O2S/c1-2-14-3-4-18(16,17)15-10-6-8(12)7(11)5-9(10)13/h5-6,14-15H,2-4H2,1H3. The van der Waals surface area contributed by atoms with Gasteiger partial charge in [0.25, 0.3) is 0 Å². The van der Waals surface area contributed by atoms with Gasteiger partial charge in [-0.1, -0.05) is 41.7 Å². The molecule has 1 aromatic rings. The molecular formula is C10H13Cl3N2O2S. The fraction of sp³-hybridized carbons (Fsp3) is 0.400. The van der Waals surface area contributed by atoms with Crippen LogP contribution in [0.15, 0.2) is 12.1 Å². The Hall–Kier alpha value is -0.200. The first-order valence-corrected chi connectivity index (χ1v) is 8.00. The van der Waals surface area contributed by atoms with Gasteiger partial charge in [-0.15, -0.1) is 0 Å². The fourth-order valence-electron chi connectivity index (χ4n) is 1.20. The first-order valence-electron chi connectivity index (χ1n) is 5.21. The van der Waals surface area contributed by atoms with Crippen molar-refractivity contribution in [2.45, 2.75) is 6.92 Å². The van der Waals surface area contributed by atoms with Crippen LogP contribution in [0.5, 0.6) is 0 Å². The minimum absolute atomic E-state index is 0.0442. The van der Waals surface area contributed by atoms with E-state index in [1.165, 1.54) is 12.1 Å². The fourth-order valence-corrected chi connectivity index (χ4v) is 2.87. The molecule has 0 aliphatic rings. The Morgan fingerprint density at radius 3 is 2.33 bits per heavy atom. The quantitative estimate of drug-likeness (QED) is 0.622. The number of halogens is 3. The molecule has 102 valence electrons. The van der Waals surface area contributed by atoms with Gasteiger partial charge in [0, 0.05) is 6.54 Å². The molecule has 0 saturated heterocycles. The summed E-state index contributed by atoms with van der Waals surface area (Å²) in [5.41, 5.74) is 0.225. The van der Waals surface area contributed by atoms with Gasteiger partial charge in [0.1, 0.15) is 0 Å². The van der Waals surface area contributed by atoms with E-state index >= 15 is 0 Å². The molecular weight excluding hydrogens is 319 g/mol. The summed E-state index contributed by atoms with van der Waals surface area (Å²) in [4.78, 5) is 0. The zero-order valence-electron chi connectivity index (χ0n) is 9.63. The normalized spacial score (nSPS) is 11.6. The van der Waals surface area contributed by atoms with Gasteiger partial charge in [0.2, 0.25) is 10.0 Å². The van der Waals surface area contributed by atoms with Crippen molar-refractivity contribution in [2.75, 3.05) is 23.6 Å². The molecule has 0 bridgehead atoms. The second-order valence-electron chi connectivity index (χ2n) is 3.52. The highest BCUT2D eigenvalue weighted by Crippen LogP contribution is 2.32. The lowest BCUT2D eigenvalue weighted by molar-refractivity contribution is 0.597. The number of sulfonamides is 1. The highest BCUT2D eigenvalue weighted by atomic mass is 35.5. The second kappa shape index (κ2) is 6.82. The molecule has 0 unspecified atom stereocenters. The molecule has 18 heavy (non-hydrogen) atoms. The van der Waals surface area contributed by atoms with E-state index in [0.29, 0.717) is 13.1 Å². The van der Waals surface area contributed by atoms with Crippen molar-refractivity contribution in [3.63, 3.8) is 0 Å². The van der Waals surface area contributed by atoms with Crippen LogP contribution in [0, 0.1) is 0 Å². The zero-order valence-corrected chi connectivity index (χ0v) is 12.7. The van der Waals surface area contributed by atoms with Gasteiger partial charge >= 0.3 is 0 Å².